The standard InChI is InChI=1S/C14H24N5O7.Pb/c1-8(19-11(22)6-16-9(20)4-15)12(23)17-5-10(21)18-7-26-14(2,3)13(24)25;/h8H,1,4-7,15H2,2-3H3,(H,16,20)(H,17,23)(H,18,21)(H,19,22)(H,24,25);. The molecule has 0 aliphatic heterocycles. The number of nitrogens with one attached hydrogen (secondary N) is 4. The number of aliphatic carboxylic acids is 1. The number of nitrogens with two attached hydrogens (primary N) is 1. The van der Waals surface area contributed by atoms with E-state index in [-0.39, 0.29) is 26.4 Å². The summed E-state index contributed by atoms with van der Waals surface area (Å²) in [7, 11) is 0. The van der Waals surface area contributed by atoms with E-state index in [4.69, 9.17) is 15.6 Å². The molecule has 0 saturated heterocycles. The van der Waals surface area contributed by atoms with Crippen LogP contribution in [0.1, 0.15) is 13.8 Å². The Morgan fingerprint density at radius 1 is 1.04 bits per heavy atom. The number of ether oxygens (including phenoxy) is 1. The Hall–Kier alpha value is -1.81. The van der Waals surface area contributed by atoms with Crippen LogP contribution in [-0.4, -0.2) is 98.5 Å². The molecule has 0 aliphatic rings. The fourth-order valence-corrected chi connectivity index (χ4v) is 2.53. The summed E-state index contributed by atoms with van der Waals surface area (Å²) in [6, 6.07) is -0.825. The van der Waals surface area contributed by atoms with Gasteiger partial charge in [0.1, 0.15) is 0 Å². The van der Waals surface area contributed by atoms with Gasteiger partial charge in [0, 0.05) is 0 Å². The normalized spacial score (nSPS) is 11.9. The second kappa shape index (κ2) is 12.6. The number of carbonyl (C=O) groups is 5. The molecule has 0 aromatic carbocycles. The number of amides is 4. The van der Waals surface area contributed by atoms with Gasteiger partial charge in [0.05, 0.1) is 0 Å². The molecule has 7 N–H and O–H groups in total. The Morgan fingerprint density at radius 2 is 1.63 bits per heavy atom. The third-order valence-corrected chi connectivity index (χ3v) is 4.71. The predicted molar refractivity (Wildman–Crippen MR) is 93.4 cm³/mol. The molecular formula is C14H24N5O7Pb. The monoisotopic (exact) mass is 582 g/mol. The number of rotatable bonds is 12. The van der Waals surface area contributed by atoms with Gasteiger partial charge < -0.3 is 0 Å². The zero-order valence-corrected chi connectivity index (χ0v) is 19.0. The van der Waals surface area contributed by atoms with Gasteiger partial charge in [0.2, 0.25) is 0 Å². The first-order chi connectivity index (χ1) is 12.5. The van der Waals surface area contributed by atoms with Gasteiger partial charge in [-0.2, -0.15) is 0 Å². The van der Waals surface area contributed by atoms with E-state index in [9.17, 15) is 24.0 Å². The van der Waals surface area contributed by atoms with Crippen molar-refractivity contribution in [2.45, 2.75) is 29.5 Å². The van der Waals surface area contributed by atoms with E-state index >= 15 is 0 Å². The molecule has 151 valence electrons. The summed E-state index contributed by atoms with van der Waals surface area (Å²) in [5, 5.41) is 18.3. The van der Waals surface area contributed by atoms with Crippen molar-refractivity contribution in [3.05, 3.63) is 0 Å². The van der Waals surface area contributed by atoms with E-state index in [1.807, 2.05) is 0 Å². The molecule has 1 unspecified atom stereocenters. The third kappa shape index (κ3) is 10.8. The molecule has 0 aliphatic carbocycles. The van der Waals surface area contributed by atoms with Crippen LogP contribution in [0.25, 0.3) is 0 Å². The first kappa shape index (κ1) is 25.2. The summed E-state index contributed by atoms with van der Waals surface area (Å²) in [5.74, 6) is -3.37. The van der Waals surface area contributed by atoms with Gasteiger partial charge in [-0.15, -0.1) is 0 Å². The van der Waals surface area contributed by atoms with E-state index in [0.29, 0.717) is 29.7 Å². The molecule has 1 atom stereocenters. The van der Waals surface area contributed by atoms with Crippen LogP contribution in [0.15, 0.2) is 0 Å². The fourth-order valence-electron chi connectivity index (χ4n) is 1.42. The Balaban J connectivity index is 4.25. The number of hydrogen-bond donors (Lipinski definition) is 6. The average molecular weight is 582 g/mol. The van der Waals surface area contributed by atoms with Crippen molar-refractivity contribution in [3.63, 3.8) is 0 Å². The predicted octanol–water partition coefficient (Wildman–Crippen LogP) is -3.80. The van der Waals surface area contributed by atoms with Crippen molar-refractivity contribution in [1.82, 2.24) is 21.3 Å². The molecule has 27 heavy (non-hydrogen) atoms. The van der Waals surface area contributed by atoms with Crippen molar-refractivity contribution in [2.24, 2.45) is 5.73 Å². The van der Waals surface area contributed by atoms with Crippen molar-refractivity contribution < 1.29 is 33.8 Å². The number of carboxylic acid groups (broad SMARTS) is 1. The molecular weight excluding hydrogens is 557 g/mol. The SMILES string of the molecule is CC(C)(OCNC(=O)CNC(=O)C([CH2][Pb])NC(=O)CNC(=O)CN)C(=O)O. The van der Waals surface area contributed by atoms with Gasteiger partial charge >= 0.3 is 172 Å². The Labute approximate surface area is 172 Å². The van der Waals surface area contributed by atoms with Crippen LogP contribution in [0, 0.1) is 0 Å². The zero-order chi connectivity index (χ0) is 21.0. The first-order valence-corrected chi connectivity index (χ1v) is 10.6. The van der Waals surface area contributed by atoms with Gasteiger partial charge in [-0.3, -0.25) is 0 Å². The summed E-state index contributed by atoms with van der Waals surface area (Å²) < 4.78 is 5.41. The Morgan fingerprint density at radius 3 is 2.15 bits per heavy atom. The zero-order valence-electron chi connectivity index (χ0n) is 15.1. The summed E-state index contributed by atoms with van der Waals surface area (Å²) in [6.07, 6.45) is 0. The number of hydrogen-bond acceptors (Lipinski definition) is 7. The quantitative estimate of drug-likeness (QED) is 0.1000. The Bertz CT molecular complexity index is 570. The molecule has 0 saturated carbocycles. The van der Waals surface area contributed by atoms with Crippen molar-refractivity contribution in [1.29, 1.82) is 0 Å². The van der Waals surface area contributed by atoms with E-state index < -0.39 is 41.2 Å². The van der Waals surface area contributed by atoms with E-state index in [1.54, 1.807) is 0 Å². The maximum atomic E-state index is 12.0. The molecule has 0 rings (SSSR count). The van der Waals surface area contributed by atoms with Crippen LogP contribution >= 0.6 is 0 Å². The van der Waals surface area contributed by atoms with Gasteiger partial charge in [-0.1, -0.05) is 0 Å². The van der Waals surface area contributed by atoms with Crippen LogP contribution in [0.4, 0.5) is 0 Å². The molecule has 0 aromatic rings. The Kier molecular flexibility index (Phi) is 11.7. The van der Waals surface area contributed by atoms with E-state index in [1.165, 1.54) is 13.8 Å². The van der Waals surface area contributed by atoms with E-state index in [2.05, 4.69) is 21.3 Å². The molecule has 0 fully saturated rings. The topological polar surface area (TPSA) is 189 Å². The van der Waals surface area contributed by atoms with Gasteiger partial charge in [0.15, 0.2) is 0 Å². The van der Waals surface area contributed by atoms with Crippen LogP contribution in [0.2, 0.25) is 3.98 Å². The minimum absolute atomic E-state index is 0.250. The van der Waals surface area contributed by atoms with Gasteiger partial charge in [0.25, 0.3) is 0 Å². The van der Waals surface area contributed by atoms with Crippen LogP contribution in [-0.2, 0) is 28.7 Å². The molecule has 0 bridgehead atoms. The molecule has 13 heteroatoms. The van der Waals surface area contributed by atoms with Crippen molar-refractivity contribution >= 4 is 55.4 Å². The second-order valence-electron chi connectivity index (χ2n) is 5.73. The molecule has 3 radical (unpaired) electrons. The van der Waals surface area contributed by atoms with Crippen LogP contribution in [0.5, 0.6) is 0 Å². The van der Waals surface area contributed by atoms with Crippen LogP contribution in [0.3, 0.4) is 0 Å². The molecule has 0 heterocycles. The number of carboxylic acids is 1. The van der Waals surface area contributed by atoms with Gasteiger partial charge in [-0.25, -0.2) is 0 Å². The summed E-state index contributed by atoms with van der Waals surface area (Å²) in [6.45, 7) is 1.40. The fraction of sp³-hybridized carbons (Fsp3) is 0.643. The summed E-state index contributed by atoms with van der Waals surface area (Å²) in [5.41, 5.74) is 3.64. The second-order valence-corrected chi connectivity index (χ2v) is 7.31. The first-order valence-electron chi connectivity index (χ1n) is 7.86. The van der Waals surface area contributed by atoms with Gasteiger partial charge in [-0.05, 0) is 0 Å². The maximum absolute atomic E-state index is 12.0. The molecule has 0 aromatic heterocycles. The third-order valence-electron chi connectivity index (χ3n) is 3.13. The van der Waals surface area contributed by atoms with E-state index in [0.717, 1.165) is 0 Å². The molecule has 4 amide bonds. The van der Waals surface area contributed by atoms with Crippen LogP contribution < -0.4 is 27.0 Å². The van der Waals surface area contributed by atoms with Crippen molar-refractivity contribution in [2.75, 3.05) is 26.4 Å². The molecule has 0 spiro atoms. The minimum atomic E-state index is -1.46. The summed E-state index contributed by atoms with van der Waals surface area (Å²) >= 11 is 0.616. The number of carbonyl (C=O) groups excluding carboxylic acids is 4. The average Bonchev–Trinajstić information content (AvgIpc) is 2.61. The molecule has 12 nitrogen and oxygen atoms in total. The summed E-state index contributed by atoms with van der Waals surface area (Å²) in [4.78, 5) is 57.2. The van der Waals surface area contributed by atoms with Crippen molar-refractivity contribution in [3.8, 4) is 0 Å².